The lowest BCUT2D eigenvalue weighted by atomic mass is 9.85. The van der Waals surface area contributed by atoms with Crippen LogP contribution >= 0.6 is 0 Å². The second kappa shape index (κ2) is 13.2. The van der Waals surface area contributed by atoms with E-state index in [4.69, 9.17) is 0 Å². The fourth-order valence-electron chi connectivity index (χ4n) is 5.07. The zero-order valence-corrected chi connectivity index (χ0v) is 29.2. The van der Waals surface area contributed by atoms with Crippen LogP contribution in [0.2, 0.25) is 0 Å². The molecule has 2 aromatic carbocycles. The minimum absolute atomic E-state index is 0.00752. The zero-order valence-electron chi connectivity index (χ0n) is 29.2. The number of carbonyl (C=O) groups excluding carboxylic acids is 2. The van der Waals surface area contributed by atoms with Gasteiger partial charge in [-0.05, 0) is 54.0 Å². The minimum Gasteiger partial charge on any atom is -0.345 e. The smallest absolute Gasteiger partial charge is 0.240 e. The molecule has 9 nitrogen and oxygen atoms in total. The number of nitrogens with one attached hydrogen (secondary N) is 5. The maximum absolute atomic E-state index is 13.0. The van der Waals surface area contributed by atoms with Crippen LogP contribution in [-0.2, 0) is 9.59 Å². The Balaban J connectivity index is 1.50. The van der Waals surface area contributed by atoms with Gasteiger partial charge in [0.15, 0.2) is 0 Å². The Hall–Kier alpha value is -4.24. The van der Waals surface area contributed by atoms with Crippen molar-refractivity contribution in [3.05, 3.63) is 72.6 Å². The van der Waals surface area contributed by atoms with E-state index in [2.05, 4.69) is 126 Å². The van der Waals surface area contributed by atoms with Crippen LogP contribution in [0, 0.1) is 16.7 Å². The van der Waals surface area contributed by atoms with Crippen LogP contribution in [0.3, 0.4) is 0 Å². The van der Waals surface area contributed by atoms with Crippen LogP contribution in [-0.4, -0.2) is 44.3 Å². The normalized spacial score (nSPS) is 13.8. The molecule has 0 bridgehead atoms. The molecule has 5 N–H and O–H groups in total. The first-order valence-electron chi connectivity index (χ1n) is 16.0. The van der Waals surface area contributed by atoms with Crippen molar-refractivity contribution in [2.45, 2.75) is 86.9 Å². The quantitative estimate of drug-likeness (QED) is 0.127. The lowest BCUT2D eigenvalue weighted by molar-refractivity contribution is -0.128. The van der Waals surface area contributed by atoms with Gasteiger partial charge < -0.3 is 25.9 Å². The number of aromatic amines is 2. The van der Waals surface area contributed by atoms with E-state index in [1.54, 1.807) is 7.05 Å². The molecule has 9 heteroatoms. The van der Waals surface area contributed by atoms with Gasteiger partial charge in [-0.1, -0.05) is 104 Å². The monoisotopic (exact) mass is 625 g/mol. The zero-order chi connectivity index (χ0) is 34.0. The van der Waals surface area contributed by atoms with Gasteiger partial charge in [-0.15, -0.1) is 0 Å². The summed E-state index contributed by atoms with van der Waals surface area (Å²) in [5.41, 5.74) is 4.86. The summed E-state index contributed by atoms with van der Waals surface area (Å²) in [5, 5.41) is 9.41. The Labute approximate surface area is 273 Å². The molecule has 4 rings (SSSR count). The maximum Gasteiger partial charge on any atom is 0.240 e. The molecular formula is C37H51N7O2. The summed E-state index contributed by atoms with van der Waals surface area (Å²) >= 11 is 0. The first-order valence-corrected chi connectivity index (χ1v) is 16.0. The van der Waals surface area contributed by atoms with Crippen LogP contribution < -0.4 is 16.0 Å². The maximum atomic E-state index is 13.0. The molecule has 0 saturated heterocycles. The highest BCUT2D eigenvalue weighted by Gasteiger charge is 2.35. The second-order valence-electron chi connectivity index (χ2n) is 15.1. The molecule has 0 aliphatic rings. The fourth-order valence-corrected chi connectivity index (χ4v) is 5.07. The Morgan fingerprint density at radius 1 is 0.630 bits per heavy atom. The number of rotatable bonds is 10. The number of carbonyl (C=O) groups is 2. The first-order chi connectivity index (χ1) is 21.4. The highest BCUT2D eigenvalue weighted by molar-refractivity contribution is 5.85. The number of aromatic nitrogens is 4. The summed E-state index contributed by atoms with van der Waals surface area (Å²) in [5.74, 6) is 1.29. The topological polar surface area (TPSA) is 128 Å². The van der Waals surface area contributed by atoms with Crippen LogP contribution in [0.5, 0.6) is 0 Å². The molecule has 4 aromatic rings. The van der Waals surface area contributed by atoms with Gasteiger partial charge >= 0.3 is 0 Å². The van der Waals surface area contributed by atoms with Crippen molar-refractivity contribution < 1.29 is 9.59 Å². The predicted molar refractivity (Wildman–Crippen MR) is 186 cm³/mol. The number of hydrogen-bond donors (Lipinski definition) is 5. The van der Waals surface area contributed by atoms with Gasteiger partial charge in [-0.3, -0.25) is 9.59 Å². The van der Waals surface area contributed by atoms with Crippen LogP contribution in [0.15, 0.2) is 60.9 Å². The van der Waals surface area contributed by atoms with Crippen LogP contribution in [0.1, 0.15) is 93.0 Å². The number of likely N-dealkylation sites (N-methyl/N-ethyl adjacent to an activating group) is 1. The van der Waals surface area contributed by atoms with E-state index < -0.39 is 5.54 Å². The molecule has 2 unspecified atom stereocenters. The van der Waals surface area contributed by atoms with Crippen molar-refractivity contribution in [3.63, 3.8) is 0 Å². The SMILES string of the molecule is CNC(C)(C)C(=O)NC(c1ncc(-c2ccc(-c3ccc(-c4cnc(C(NC(=O)C(C)C)C(C)(C)C)[nH]4)cc3)cc2)[nH]1)C(C)(C)C. The summed E-state index contributed by atoms with van der Waals surface area (Å²) in [6.45, 7) is 20.1. The number of benzene rings is 2. The number of amides is 2. The first kappa shape index (κ1) is 34.6. The van der Waals surface area contributed by atoms with Gasteiger partial charge in [-0.25, -0.2) is 9.97 Å². The lowest BCUT2D eigenvalue weighted by Gasteiger charge is -2.33. The third-order valence-corrected chi connectivity index (χ3v) is 8.47. The number of nitrogens with zero attached hydrogens (tertiary/aromatic N) is 2. The molecule has 0 aliphatic carbocycles. The molecule has 2 amide bonds. The second-order valence-corrected chi connectivity index (χ2v) is 15.1. The van der Waals surface area contributed by atoms with Gasteiger partial charge in [0.2, 0.25) is 11.8 Å². The van der Waals surface area contributed by atoms with E-state index in [9.17, 15) is 9.59 Å². The lowest BCUT2D eigenvalue weighted by Crippen LogP contribution is -2.53. The summed E-state index contributed by atoms with van der Waals surface area (Å²) in [6, 6.07) is 16.2. The van der Waals surface area contributed by atoms with Gasteiger partial charge in [0.25, 0.3) is 0 Å². The van der Waals surface area contributed by atoms with E-state index in [-0.39, 0.29) is 40.6 Å². The largest absolute Gasteiger partial charge is 0.345 e. The highest BCUT2D eigenvalue weighted by atomic mass is 16.2. The Morgan fingerprint density at radius 3 is 1.35 bits per heavy atom. The molecule has 0 radical (unpaired) electrons. The van der Waals surface area contributed by atoms with Gasteiger partial charge in [0, 0.05) is 5.92 Å². The van der Waals surface area contributed by atoms with E-state index in [1.807, 2.05) is 40.1 Å². The van der Waals surface area contributed by atoms with E-state index >= 15 is 0 Å². The third-order valence-electron chi connectivity index (χ3n) is 8.47. The van der Waals surface area contributed by atoms with Gasteiger partial charge in [-0.2, -0.15) is 0 Å². The van der Waals surface area contributed by atoms with E-state index in [0.29, 0.717) is 0 Å². The van der Waals surface area contributed by atoms with Crippen LogP contribution in [0.4, 0.5) is 0 Å². The van der Waals surface area contributed by atoms with Crippen molar-refractivity contribution in [2.75, 3.05) is 7.05 Å². The third kappa shape index (κ3) is 7.94. The predicted octanol–water partition coefficient (Wildman–Crippen LogP) is 7.19. The van der Waals surface area contributed by atoms with Crippen molar-refractivity contribution in [2.24, 2.45) is 16.7 Å². The minimum atomic E-state index is -0.699. The number of imidazole rings is 2. The van der Waals surface area contributed by atoms with Gasteiger partial charge in [0.1, 0.15) is 11.6 Å². The van der Waals surface area contributed by atoms with Crippen molar-refractivity contribution in [1.82, 2.24) is 35.9 Å². The van der Waals surface area contributed by atoms with Gasteiger partial charge in [0.05, 0.1) is 41.4 Å². The summed E-state index contributed by atoms with van der Waals surface area (Å²) < 4.78 is 0. The Kier molecular flexibility index (Phi) is 9.97. The molecule has 0 saturated carbocycles. The molecule has 0 spiro atoms. The molecular weight excluding hydrogens is 574 g/mol. The Bertz CT molecular complexity index is 1630. The average molecular weight is 626 g/mol. The molecule has 2 heterocycles. The highest BCUT2D eigenvalue weighted by Crippen LogP contribution is 2.35. The Morgan fingerprint density at radius 2 is 1.00 bits per heavy atom. The van der Waals surface area contributed by atoms with Crippen molar-refractivity contribution >= 4 is 11.8 Å². The molecule has 46 heavy (non-hydrogen) atoms. The fraction of sp³-hybridized carbons (Fsp3) is 0.459. The average Bonchev–Trinajstić information content (AvgIpc) is 3.68. The van der Waals surface area contributed by atoms with Crippen LogP contribution in [0.25, 0.3) is 33.6 Å². The molecule has 2 aromatic heterocycles. The van der Waals surface area contributed by atoms with E-state index in [0.717, 1.165) is 45.3 Å². The summed E-state index contributed by atoms with van der Waals surface area (Å²) in [7, 11) is 1.78. The van der Waals surface area contributed by atoms with Crippen molar-refractivity contribution in [1.29, 1.82) is 0 Å². The number of H-pyrrole nitrogens is 2. The molecule has 0 aliphatic heterocycles. The summed E-state index contributed by atoms with van der Waals surface area (Å²) in [6.07, 6.45) is 3.65. The molecule has 0 fully saturated rings. The number of hydrogen-bond acceptors (Lipinski definition) is 5. The van der Waals surface area contributed by atoms with E-state index in [1.165, 1.54) is 0 Å². The standard InChI is InChI=1S/C37H51N7O2/c1-22(2)33(45)43-29(35(3,4)5)31-39-20-27(41-31)25-16-12-23(13-17-25)24-14-18-26(19-15-24)28-21-40-32(42-28)30(36(6,7)8)44-34(46)37(9,10)38-11/h12-22,29-30,38H,1-11H3,(H,39,41)(H,40,42)(H,43,45)(H,44,46). The van der Waals surface area contributed by atoms with Crippen molar-refractivity contribution in [3.8, 4) is 33.6 Å². The summed E-state index contributed by atoms with van der Waals surface area (Å²) in [4.78, 5) is 41.7. The molecule has 246 valence electrons. The molecule has 2 atom stereocenters.